The van der Waals surface area contributed by atoms with Crippen molar-refractivity contribution in [3.05, 3.63) is 24.3 Å². The van der Waals surface area contributed by atoms with Crippen molar-refractivity contribution in [2.45, 2.75) is 10.9 Å². The van der Waals surface area contributed by atoms with E-state index in [1.54, 1.807) is 0 Å². The number of rotatable bonds is 5. The maximum absolute atomic E-state index is 11.8. The van der Waals surface area contributed by atoms with Gasteiger partial charge in [-0.05, 0) is 24.3 Å². The standard InChI is InChI=1S/C9H12N2O4S2/c10-6-1-3-7(4-2-6)17(14,15)11-8(5-16)9(12)13/h1-4,8,11,16H,5,10H2,(H,12,13). The molecule has 8 heteroatoms. The molecule has 0 spiro atoms. The topological polar surface area (TPSA) is 109 Å². The molecule has 0 aromatic heterocycles. The number of nitrogens with one attached hydrogen (secondary N) is 1. The minimum absolute atomic E-state index is 0.0419. The number of sulfonamides is 1. The summed E-state index contributed by atoms with van der Waals surface area (Å²) >= 11 is 3.77. The largest absolute Gasteiger partial charge is 0.480 e. The number of carboxylic acid groups (broad SMARTS) is 1. The highest BCUT2D eigenvalue weighted by Gasteiger charge is 2.23. The number of anilines is 1. The van der Waals surface area contributed by atoms with Crippen LogP contribution in [0.1, 0.15) is 0 Å². The zero-order valence-corrected chi connectivity index (χ0v) is 10.4. The molecule has 1 unspecified atom stereocenters. The van der Waals surface area contributed by atoms with Gasteiger partial charge in [-0.15, -0.1) is 0 Å². The van der Waals surface area contributed by atoms with Crippen LogP contribution in [0.25, 0.3) is 0 Å². The molecule has 6 nitrogen and oxygen atoms in total. The number of aliphatic carboxylic acids is 1. The van der Waals surface area contributed by atoms with E-state index in [-0.39, 0.29) is 10.6 Å². The van der Waals surface area contributed by atoms with Crippen molar-refractivity contribution in [1.82, 2.24) is 4.72 Å². The summed E-state index contributed by atoms with van der Waals surface area (Å²) in [6, 6.07) is 4.18. The molecule has 0 bridgehead atoms. The van der Waals surface area contributed by atoms with Gasteiger partial charge in [0.05, 0.1) is 4.90 Å². The molecule has 0 aliphatic heterocycles. The highest BCUT2D eigenvalue weighted by Crippen LogP contribution is 2.12. The maximum Gasteiger partial charge on any atom is 0.322 e. The molecule has 94 valence electrons. The molecular formula is C9H12N2O4S2. The van der Waals surface area contributed by atoms with Gasteiger partial charge in [-0.3, -0.25) is 4.79 Å². The average molecular weight is 276 g/mol. The van der Waals surface area contributed by atoms with Gasteiger partial charge in [0.2, 0.25) is 10.0 Å². The van der Waals surface area contributed by atoms with Crippen molar-refractivity contribution in [3.63, 3.8) is 0 Å². The smallest absolute Gasteiger partial charge is 0.322 e. The summed E-state index contributed by atoms with van der Waals surface area (Å²) in [5.41, 5.74) is 5.85. The van der Waals surface area contributed by atoms with Gasteiger partial charge in [0, 0.05) is 11.4 Å². The predicted molar refractivity (Wildman–Crippen MR) is 66.5 cm³/mol. The van der Waals surface area contributed by atoms with Crippen molar-refractivity contribution >= 4 is 34.3 Å². The Morgan fingerprint density at radius 1 is 1.41 bits per heavy atom. The minimum atomic E-state index is -3.87. The van der Waals surface area contributed by atoms with E-state index < -0.39 is 22.0 Å². The Hall–Kier alpha value is -1.25. The van der Waals surface area contributed by atoms with Gasteiger partial charge < -0.3 is 10.8 Å². The number of thiol groups is 1. The Balaban J connectivity index is 2.96. The van der Waals surface area contributed by atoms with E-state index in [2.05, 4.69) is 12.6 Å². The van der Waals surface area contributed by atoms with Crippen LogP contribution in [-0.2, 0) is 14.8 Å². The highest BCUT2D eigenvalue weighted by molar-refractivity contribution is 7.89. The Morgan fingerprint density at radius 2 is 1.94 bits per heavy atom. The number of hydrogen-bond acceptors (Lipinski definition) is 5. The molecule has 0 fully saturated rings. The van der Waals surface area contributed by atoms with E-state index in [1.165, 1.54) is 24.3 Å². The number of hydrogen-bond donors (Lipinski definition) is 4. The Morgan fingerprint density at radius 3 is 2.35 bits per heavy atom. The summed E-state index contributed by atoms with van der Waals surface area (Å²) in [5.74, 6) is -1.41. The molecule has 0 aliphatic rings. The monoisotopic (exact) mass is 276 g/mol. The molecule has 0 aliphatic carbocycles. The minimum Gasteiger partial charge on any atom is -0.480 e. The summed E-state index contributed by atoms with van der Waals surface area (Å²) < 4.78 is 25.6. The molecule has 0 radical (unpaired) electrons. The van der Waals surface area contributed by atoms with Gasteiger partial charge in [0.25, 0.3) is 0 Å². The zero-order chi connectivity index (χ0) is 13.1. The van der Waals surface area contributed by atoms with Crippen LogP contribution in [0.4, 0.5) is 5.69 Å². The Kier molecular flexibility index (Phi) is 4.38. The van der Waals surface area contributed by atoms with Crippen LogP contribution in [0.2, 0.25) is 0 Å². The molecule has 0 saturated heterocycles. The molecule has 1 rings (SSSR count). The van der Waals surface area contributed by atoms with E-state index >= 15 is 0 Å². The van der Waals surface area contributed by atoms with Gasteiger partial charge in [0.15, 0.2) is 0 Å². The fourth-order valence-corrected chi connectivity index (χ4v) is 2.63. The van der Waals surface area contributed by atoms with E-state index in [0.717, 1.165) is 0 Å². The molecule has 4 N–H and O–H groups in total. The normalized spacial score (nSPS) is 13.2. The maximum atomic E-state index is 11.8. The molecule has 0 saturated carbocycles. The van der Waals surface area contributed by atoms with E-state index in [0.29, 0.717) is 5.69 Å². The van der Waals surface area contributed by atoms with E-state index in [9.17, 15) is 13.2 Å². The number of nitrogens with two attached hydrogens (primary N) is 1. The molecule has 0 heterocycles. The van der Waals surface area contributed by atoms with Crippen molar-refractivity contribution in [2.24, 2.45) is 0 Å². The van der Waals surface area contributed by atoms with Crippen LogP contribution in [0.5, 0.6) is 0 Å². The second kappa shape index (κ2) is 5.39. The van der Waals surface area contributed by atoms with Gasteiger partial charge in [-0.1, -0.05) is 0 Å². The summed E-state index contributed by atoms with van der Waals surface area (Å²) in [5, 5.41) is 8.73. The summed E-state index contributed by atoms with van der Waals surface area (Å²) in [7, 11) is -3.87. The molecule has 0 amide bonds. The number of carboxylic acids is 1. The predicted octanol–water partition coefficient (Wildman–Crippen LogP) is -0.0699. The fourth-order valence-electron chi connectivity index (χ4n) is 1.07. The van der Waals surface area contributed by atoms with Gasteiger partial charge in [-0.25, -0.2) is 8.42 Å². The number of nitrogen functional groups attached to an aromatic ring is 1. The van der Waals surface area contributed by atoms with Crippen molar-refractivity contribution in [3.8, 4) is 0 Å². The van der Waals surface area contributed by atoms with Crippen LogP contribution in [0, 0.1) is 0 Å². The highest BCUT2D eigenvalue weighted by atomic mass is 32.2. The second-order valence-corrected chi connectivity index (χ2v) is 5.34. The van der Waals surface area contributed by atoms with Gasteiger partial charge in [-0.2, -0.15) is 17.4 Å². The quantitative estimate of drug-likeness (QED) is 0.444. The first kappa shape index (κ1) is 13.8. The van der Waals surface area contributed by atoms with Crippen LogP contribution >= 0.6 is 12.6 Å². The summed E-state index contributed by atoms with van der Waals surface area (Å²) in [6.07, 6.45) is 0. The number of carbonyl (C=O) groups is 1. The van der Waals surface area contributed by atoms with Gasteiger partial charge >= 0.3 is 5.97 Å². The molecule has 1 atom stereocenters. The first-order chi connectivity index (χ1) is 7.86. The molecule has 17 heavy (non-hydrogen) atoms. The summed E-state index contributed by atoms with van der Waals surface area (Å²) in [6.45, 7) is 0. The first-order valence-electron chi connectivity index (χ1n) is 4.58. The van der Waals surface area contributed by atoms with E-state index in [1.807, 2.05) is 4.72 Å². The van der Waals surface area contributed by atoms with Crippen molar-refractivity contribution in [1.29, 1.82) is 0 Å². The van der Waals surface area contributed by atoms with E-state index in [4.69, 9.17) is 10.8 Å². The lowest BCUT2D eigenvalue weighted by Crippen LogP contribution is -2.42. The molecule has 1 aromatic rings. The van der Waals surface area contributed by atoms with Crippen LogP contribution in [0.15, 0.2) is 29.2 Å². The lowest BCUT2D eigenvalue weighted by atomic mass is 10.3. The van der Waals surface area contributed by atoms with Crippen molar-refractivity contribution < 1.29 is 18.3 Å². The fraction of sp³-hybridized carbons (Fsp3) is 0.222. The third-order valence-electron chi connectivity index (χ3n) is 1.97. The number of benzene rings is 1. The summed E-state index contributed by atoms with van der Waals surface area (Å²) in [4.78, 5) is 10.7. The SMILES string of the molecule is Nc1ccc(S(=O)(=O)NC(CS)C(=O)O)cc1. The lowest BCUT2D eigenvalue weighted by Gasteiger charge is -2.12. The van der Waals surface area contributed by atoms with Crippen LogP contribution in [0.3, 0.4) is 0 Å². The first-order valence-corrected chi connectivity index (χ1v) is 6.70. The second-order valence-electron chi connectivity index (χ2n) is 3.26. The van der Waals surface area contributed by atoms with Crippen LogP contribution < -0.4 is 10.5 Å². The third kappa shape index (κ3) is 3.62. The third-order valence-corrected chi connectivity index (χ3v) is 3.82. The van der Waals surface area contributed by atoms with Gasteiger partial charge in [0.1, 0.15) is 6.04 Å². The molecule has 1 aromatic carbocycles. The lowest BCUT2D eigenvalue weighted by molar-refractivity contribution is -0.138. The Bertz CT molecular complexity index is 498. The average Bonchev–Trinajstić information content (AvgIpc) is 2.26. The van der Waals surface area contributed by atoms with Crippen LogP contribution in [-0.4, -0.2) is 31.3 Å². The zero-order valence-electron chi connectivity index (χ0n) is 8.70. The Labute approximate surface area is 104 Å². The molecular weight excluding hydrogens is 264 g/mol. The van der Waals surface area contributed by atoms with Crippen molar-refractivity contribution in [2.75, 3.05) is 11.5 Å².